The molecule has 0 saturated carbocycles. The average Bonchev–Trinajstić information content (AvgIpc) is 2.26. The van der Waals surface area contributed by atoms with Gasteiger partial charge < -0.3 is 10.4 Å². The highest BCUT2D eigenvalue weighted by molar-refractivity contribution is 5.95. The van der Waals surface area contributed by atoms with E-state index >= 15 is 0 Å². The molecular weight excluding hydrogens is 206 g/mol. The van der Waals surface area contributed by atoms with Crippen molar-refractivity contribution in [3.05, 3.63) is 11.6 Å². The van der Waals surface area contributed by atoms with E-state index in [1.54, 1.807) is 19.9 Å². The van der Waals surface area contributed by atoms with E-state index in [2.05, 4.69) is 12.2 Å². The number of hydrogen-bond acceptors (Lipinski definition) is 2. The number of hydrogen-bond donors (Lipinski definition) is 2. The van der Waals surface area contributed by atoms with Gasteiger partial charge in [0, 0.05) is 5.57 Å². The first kappa shape index (κ1) is 14.7. The fraction of sp³-hybridized carbons (Fsp3) is 0.667. The van der Waals surface area contributed by atoms with Crippen LogP contribution in [0.15, 0.2) is 11.6 Å². The molecule has 16 heavy (non-hydrogen) atoms. The van der Waals surface area contributed by atoms with Crippen LogP contribution in [0.2, 0.25) is 0 Å². The zero-order valence-electron chi connectivity index (χ0n) is 10.2. The molecule has 0 aliphatic rings. The minimum Gasteiger partial charge on any atom is -0.480 e. The van der Waals surface area contributed by atoms with Gasteiger partial charge in [-0.2, -0.15) is 0 Å². The Balaban J connectivity index is 4.23. The Morgan fingerprint density at radius 3 is 2.44 bits per heavy atom. The van der Waals surface area contributed by atoms with Crippen molar-refractivity contribution in [3.8, 4) is 0 Å². The molecule has 0 fully saturated rings. The molecule has 0 bridgehead atoms. The Bertz CT molecular complexity index is 271. The number of nitrogens with one attached hydrogen (secondary N) is 1. The van der Waals surface area contributed by atoms with Gasteiger partial charge in [0.05, 0.1) is 0 Å². The van der Waals surface area contributed by atoms with E-state index in [0.29, 0.717) is 12.0 Å². The van der Waals surface area contributed by atoms with Crippen LogP contribution in [0.25, 0.3) is 0 Å². The van der Waals surface area contributed by atoms with E-state index < -0.39 is 12.0 Å². The lowest BCUT2D eigenvalue weighted by atomic mass is 10.1. The third kappa shape index (κ3) is 5.53. The van der Waals surface area contributed by atoms with Crippen LogP contribution in [0.3, 0.4) is 0 Å². The molecule has 0 spiro atoms. The topological polar surface area (TPSA) is 66.4 Å². The van der Waals surface area contributed by atoms with Gasteiger partial charge >= 0.3 is 5.97 Å². The van der Waals surface area contributed by atoms with E-state index in [1.165, 1.54) is 0 Å². The first-order chi connectivity index (χ1) is 7.52. The van der Waals surface area contributed by atoms with Gasteiger partial charge in [0.25, 0.3) is 0 Å². The van der Waals surface area contributed by atoms with Gasteiger partial charge in [0.15, 0.2) is 0 Å². The minimum absolute atomic E-state index is 0.300. The van der Waals surface area contributed by atoms with Crippen LogP contribution in [0.5, 0.6) is 0 Å². The van der Waals surface area contributed by atoms with E-state index in [-0.39, 0.29) is 5.91 Å². The summed E-state index contributed by atoms with van der Waals surface area (Å²) in [5.74, 6) is -1.26. The van der Waals surface area contributed by atoms with Gasteiger partial charge in [0.1, 0.15) is 6.04 Å². The molecule has 0 heterocycles. The Labute approximate surface area is 96.7 Å². The SMILES string of the molecule is C/C=C(\C)C(=O)NC(CCCCC)C(=O)O. The maximum Gasteiger partial charge on any atom is 0.326 e. The number of unbranched alkanes of at least 4 members (excludes halogenated alkanes) is 2. The molecule has 0 radical (unpaired) electrons. The summed E-state index contributed by atoms with van der Waals surface area (Å²) in [4.78, 5) is 22.4. The smallest absolute Gasteiger partial charge is 0.326 e. The molecular formula is C12H21NO3. The number of aliphatic carboxylic acids is 1. The number of carboxylic acids is 1. The molecule has 0 rings (SSSR count). The van der Waals surface area contributed by atoms with Gasteiger partial charge in [-0.1, -0.05) is 32.3 Å². The monoisotopic (exact) mass is 227 g/mol. The van der Waals surface area contributed by atoms with Crippen LogP contribution in [-0.4, -0.2) is 23.0 Å². The summed E-state index contributed by atoms with van der Waals surface area (Å²) in [6.07, 6.45) is 5.01. The second kappa shape index (κ2) is 7.91. The number of carbonyl (C=O) groups is 2. The molecule has 0 saturated heterocycles. The van der Waals surface area contributed by atoms with Crippen molar-refractivity contribution in [1.82, 2.24) is 5.32 Å². The van der Waals surface area contributed by atoms with Crippen molar-refractivity contribution in [2.45, 2.75) is 52.5 Å². The Morgan fingerprint density at radius 2 is 2.00 bits per heavy atom. The van der Waals surface area contributed by atoms with Crippen LogP contribution >= 0.6 is 0 Å². The molecule has 0 aliphatic heterocycles. The standard InChI is InChI=1S/C12H21NO3/c1-4-6-7-8-10(12(15)16)13-11(14)9(3)5-2/h5,10H,4,6-8H2,1-3H3,(H,13,14)(H,15,16)/b9-5+. The number of rotatable bonds is 7. The van der Waals surface area contributed by atoms with Gasteiger partial charge in [-0.05, 0) is 20.3 Å². The number of allylic oxidation sites excluding steroid dienone is 1. The number of carbonyl (C=O) groups excluding carboxylic acids is 1. The molecule has 4 nitrogen and oxygen atoms in total. The summed E-state index contributed by atoms with van der Waals surface area (Å²) in [5, 5.41) is 11.5. The van der Waals surface area contributed by atoms with Crippen molar-refractivity contribution in [3.63, 3.8) is 0 Å². The predicted octanol–water partition coefficient (Wildman–Crippen LogP) is 2.10. The zero-order chi connectivity index (χ0) is 12.6. The molecule has 0 aromatic rings. The fourth-order valence-electron chi connectivity index (χ4n) is 1.26. The molecule has 1 unspecified atom stereocenters. The van der Waals surface area contributed by atoms with E-state index in [0.717, 1.165) is 19.3 Å². The molecule has 2 N–H and O–H groups in total. The van der Waals surface area contributed by atoms with E-state index in [9.17, 15) is 9.59 Å². The third-order valence-electron chi connectivity index (χ3n) is 2.49. The first-order valence-corrected chi connectivity index (χ1v) is 5.69. The van der Waals surface area contributed by atoms with Crippen molar-refractivity contribution in [2.24, 2.45) is 0 Å². The molecule has 1 atom stereocenters. The largest absolute Gasteiger partial charge is 0.480 e. The first-order valence-electron chi connectivity index (χ1n) is 5.69. The van der Waals surface area contributed by atoms with Crippen LogP contribution in [0.4, 0.5) is 0 Å². The molecule has 1 amide bonds. The second-order valence-corrected chi connectivity index (χ2v) is 3.83. The van der Waals surface area contributed by atoms with Crippen LogP contribution < -0.4 is 5.32 Å². The molecule has 0 aromatic heterocycles. The van der Waals surface area contributed by atoms with Crippen LogP contribution in [-0.2, 0) is 9.59 Å². The lowest BCUT2D eigenvalue weighted by molar-refractivity contribution is -0.141. The van der Waals surface area contributed by atoms with Crippen molar-refractivity contribution < 1.29 is 14.7 Å². The molecule has 92 valence electrons. The quantitative estimate of drug-likeness (QED) is 0.517. The maximum atomic E-state index is 11.5. The van der Waals surface area contributed by atoms with Crippen LogP contribution in [0, 0.1) is 0 Å². The van der Waals surface area contributed by atoms with Crippen LogP contribution in [0.1, 0.15) is 46.5 Å². The second-order valence-electron chi connectivity index (χ2n) is 3.83. The Kier molecular flexibility index (Phi) is 7.25. The lowest BCUT2D eigenvalue weighted by Crippen LogP contribution is -2.41. The normalized spacial score (nSPS) is 13.3. The zero-order valence-corrected chi connectivity index (χ0v) is 10.2. The number of amides is 1. The number of carboxylic acid groups (broad SMARTS) is 1. The lowest BCUT2D eigenvalue weighted by Gasteiger charge is -2.14. The third-order valence-corrected chi connectivity index (χ3v) is 2.49. The van der Waals surface area contributed by atoms with E-state index in [4.69, 9.17) is 5.11 Å². The summed E-state index contributed by atoms with van der Waals surface area (Å²) in [6.45, 7) is 5.47. The molecule has 0 aromatic carbocycles. The Hall–Kier alpha value is -1.32. The fourth-order valence-corrected chi connectivity index (χ4v) is 1.26. The summed E-state index contributed by atoms with van der Waals surface area (Å²) in [7, 11) is 0. The summed E-state index contributed by atoms with van der Waals surface area (Å²) in [5.41, 5.74) is 0.543. The van der Waals surface area contributed by atoms with Crippen molar-refractivity contribution in [2.75, 3.05) is 0 Å². The van der Waals surface area contributed by atoms with Gasteiger partial charge in [0.2, 0.25) is 5.91 Å². The summed E-state index contributed by atoms with van der Waals surface area (Å²) in [6, 6.07) is -0.769. The highest BCUT2D eigenvalue weighted by atomic mass is 16.4. The van der Waals surface area contributed by atoms with Gasteiger partial charge in [-0.15, -0.1) is 0 Å². The van der Waals surface area contributed by atoms with Gasteiger partial charge in [-0.25, -0.2) is 4.79 Å². The predicted molar refractivity (Wildman–Crippen MR) is 63.1 cm³/mol. The summed E-state index contributed by atoms with van der Waals surface area (Å²) >= 11 is 0. The summed E-state index contributed by atoms with van der Waals surface area (Å²) < 4.78 is 0. The Morgan fingerprint density at radius 1 is 1.38 bits per heavy atom. The van der Waals surface area contributed by atoms with E-state index in [1.807, 2.05) is 0 Å². The highest BCUT2D eigenvalue weighted by Crippen LogP contribution is 2.05. The minimum atomic E-state index is -0.964. The molecule has 4 heteroatoms. The van der Waals surface area contributed by atoms with Gasteiger partial charge in [-0.3, -0.25) is 4.79 Å². The van der Waals surface area contributed by atoms with Crippen molar-refractivity contribution in [1.29, 1.82) is 0 Å². The van der Waals surface area contributed by atoms with Crippen molar-refractivity contribution >= 4 is 11.9 Å². The molecule has 0 aliphatic carbocycles. The maximum absolute atomic E-state index is 11.5. The average molecular weight is 227 g/mol. The highest BCUT2D eigenvalue weighted by Gasteiger charge is 2.19.